The summed E-state index contributed by atoms with van der Waals surface area (Å²) in [7, 11) is 0. The number of hydrogen-bond acceptors (Lipinski definition) is 3. The van der Waals surface area contributed by atoms with E-state index in [1.165, 1.54) is 0 Å². The lowest BCUT2D eigenvalue weighted by Gasteiger charge is -2.13. The predicted octanol–water partition coefficient (Wildman–Crippen LogP) is 2.03. The summed E-state index contributed by atoms with van der Waals surface area (Å²) in [6.07, 6.45) is 0. The van der Waals surface area contributed by atoms with Gasteiger partial charge in [0.2, 0.25) is 6.79 Å². The van der Waals surface area contributed by atoms with E-state index in [0.29, 0.717) is 5.92 Å². The van der Waals surface area contributed by atoms with Crippen molar-refractivity contribution in [2.45, 2.75) is 26.4 Å². The zero-order valence-corrected chi connectivity index (χ0v) is 8.41. The monoisotopic (exact) mass is 194 g/mol. The molecule has 0 amide bonds. The molecule has 0 saturated heterocycles. The van der Waals surface area contributed by atoms with Gasteiger partial charge >= 0.3 is 0 Å². The number of aliphatic hydroxyl groups is 1. The molecule has 0 saturated carbocycles. The number of ether oxygens (including phenoxy) is 2. The zero-order chi connectivity index (χ0) is 10.1. The van der Waals surface area contributed by atoms with Crippen molar-refractivity contribution in [2.75, 3.05) is 6.79 Å². The fourth-order valence-corrected chi connectivity index (χ4v) is 1.81. The second-order valence-electron chi connectivity index (χ2n) is 3.68. The first-order valence-electron chi connectivity index (χ1n) is 4.76. The standard InChI is InChI=1S/C11H14O3/c1-7(2)10-8(5-12)3-4-9-11(10)14-6-13-9/h3-4,7,12H,5-6H2,1-2H3. The molecule has 0 atom stereocenters. The molecular formula is C11H14O3. The molecule has 0 fully saturated rings. The number of fused-ring (bicyclic) bond motifs is 1. The second-order valence-corrected chi connectivity index (χ2v) is 3.68. The molecule has 1 aromatic carbocycles. The van der Waals surface area contributed by atoms with Crippen LogP contribution in [0.4, 0.5) is 0 Å². The first kappa shape index (κ1) is 9.34. The molecule has 0 spiro atoms. The maximum atomic E-state index is 9.20. The molecular weight excluding hydrogens is 180 g/mol. The van der Waals surface area contributed by atoms with E-state index in [2.05, 4.69) is 13.8 Å². The van der Waals surface area contributed by atoms with Crippen LogP contribution in [-0.2, 0) is 6.61 Å². The van der Waals surface area contributed by atoms with E-state index in [-0.39, 0.29) is 13.4 Å². The third-order valence-corrected chi connectivity index (χ3v) is 2.42. The van der Waals surface area contributed by atoms with Gasteiger partial charge in [-0.3, -0.25) is 0 Å². The summed E-state index contributed by atoms with van der Waals surface area (Å²) < 4.78 is 10.7. The van der Waals surface area contributed by atoms with Crippen LogP contribution in [0.5, 0.6) is 11.5 Å². The Morgan fingerprint density at radius 2 is 2.14 bits per heavy atom. The van der Waals surface area contributed by atoms with Crippen LogP contribution in [0.15, 0.2) is 12.1 Å². The molecule has 14 heavy (non-hydrogen) atoms. The fraction of sp³-hybridized carbons (Fsp3) is 0.455. The van der Waals surface area contributed by atoms with Gasteiger partial charge in [-0.05, 0) is 17.5 Å². The average molecular weight is 194 g/mol. The summed E-state index contributed by atoms with van der Waals surface area (Å²) in [6, 6.07) is 3.74. The predicted molar refractivity (Wildman–Crippen MR) is 52.6 cm³/mol. The zero-order valence-electron chi connectivity index (χ0n) is 8.41. The van der Waals surface area contributed by atoms with Crippen molar-refractivity contribution >= 4 is 0 Å². The summed E-state index contributed by atoms with van der Waals surface area (Å²) in [4.78, 5) is 0. The van der Waals surface area contributed by atoms with Crippen LogP contribution in [-0.4, -0.2) is 11.9 Å². The lowest BCUT2D eigenvalue weighted by atomic mass is 9.96. The molecule has 1 aromatic rings. The maximum absolute atomic E-state index is 9.20. The molecule has 3 heteroatoms. The molecule has 1 aliphatic heterocycles. The van der Waals surface area contributed by atoms with Crippen molar-refractivity contribution in [3.63, 3.8) is 0 Å². The van der Waals surface area contributed by atoms with E-state index in [1.807, 2.05) is 12.1 Å². The van der Waals surface area contributed by atoms with Gasteiger partial charge in [-0.25, -0.2) is 0 Å². The van der Waals surface area contributed by atoms with Crippen LogP contribution in [0.25, 0.3) is 0 Å². The topological polar surface area (TPSA) is 38.7 Å². The minimum absolute atomic E-state index is 0.0458. The third kappa shape index (κ3) is 1.34. The molecule has 0 aromatic heterocycles. The van der Waals surface area contributed by atoms with Gasteiger partial charge in [-0.15, -0.1) is 0 Å². The van der Waals surface area contributed by atoms with Gasteiger partial charge in [0.05, 0.1) is 6.61 Å². The van der Waals surface area contributed by atoms with E-state index in [1.54, 1.807) is 0 Å². The molecule has 0 aliphatic carbocycles. The summed E-state index contributed by atoms with van der Waals surface area (Å²) in [6.45, 7) is 4.49. The summed E-state index contributed by atoms with van der Waals surface area (Å²) in [5.41, 5.74) is 1.98. The highest BCUT2D eigenvalue weighted by Crippen LogP contribution is 2.41. The van der Waals surface area contributed by atoms with Crippen molar-refractivity contribution < 1.29 is 14.6 Å². The molecule has 0 radical (unpaired) electrons. The minimum Gasteiger partial charge on any atom is -0.454 e. The SMILES string of the molecule is CC(C)c1c(CO)ccc2c1OCO2. The third-order valence-electron chi connectivity index (χ3n) is 2.42. The van der Waals surface area contributed by atoms with Crippen LogP contribution in [0, 0.1) is 0 Å². The largest absolute Gasteiger partial charge is 0.454 e. The minimum atomic E-state index is 0.0458. The number of aliphatic hydroxyl groups excluding tert-OH is 1. The van der Waals surface area contributed by atoms with Crippen molar-refractivity contribution in [1.82, 2.24) is 0 Å². The highest BCUT2D eigenvalue weighted by atomic mass is 16.7. The number of benzene rings is 1. The summed E-state index contributed by atoms with van der Waals surface area (Å²) >= 11 is 0. The quantitative estimate of drug-likeness (QED) is 0.782. The Balaban J connectivity index is 2.56. The molecule has 0 unspecified atom stereocenters. The normalized spacial score (nSPS) is 13.7. The molecule has 1 heterocycles. The lowest BCUT2D eigenvalue weighted by molar-refractivity contribution is 0.173. The van der Waals surface area contributed by atoms with E-state index >= 15 is 0 Å². The molecule has 0 bridgehead atoms. The first-order valence-corrected chi connectivity index (χ1v) is 4.76. The first-order chi connectivity index (χ1) is 6.74. The summed E-state index contributed by atoms with van der Waals surface area (Å²) in [5.74, 6) is 1.91. The average Bonchev–Trinajstić information content (AvgIpc) is 2.62. The molecule has 3 nitrogen and oxygen atoms in total. The van der Waals surface area contributed by atoms with E-state index in [4.69, 9.17) is 9.47 Å². The van der Waals surface area contributed by atoms with Gasteiger partial charge in [0, 0.05) is 5.56 Å². The van der Waals surface area contributed by atoms with Crippen molar-refractivity contribution in [2.24, 2.45) is 0 Å². The Bertz CT molecular complexity index is 345. The van der Waals surface area contributed by atoms with E-state index in [0.717, 1.165) is 22.6 Å². The van der Waals surface area contributed by atoms with Gasteiger partial charge in [0.1, 0.15) is 0 Å². The van der Waals surface area contributed by atoms with E-state index < -0.39 is 0 Å². The smallest absolute Gasteiger partial charge is 0.231 e. The van der Waals surface area contributed by atoms with Crippen LogP contribution in [0.1, 0.15) is 30.9 Å². The molecule has 1 N–H and O–H groups in total. The Kier molecular flexibility index (Phi) is 2.33. The molecule has 76 valence electrons. The number of hydrogen-bond donors (Lipinski definition) is 1. The molecule has 1 aliphatic rings. The second kappa shape index (κ2) is 3.50. The van der Waals surface area contributed by atoms with Crippen LogP contribution in [0.3, 0.4) is 0 Å². The highest BCUT2D eigenvalue weighted by Gasteiger charge is 2.22. The van der Waals surface area contributed by atoms with Crippen LogP contribution >= 0.6 is 0 Å². The van der Waals surface area contributed by atoms with Crippen LogP contribution < -0.4 is 9.47 Å². The lowest BCUT2D eigenvalue weighted by Crippen LogP contribution is -1.99. The van der Waals surface area contributed by atoms with Crippen LogP contribution in [0.2, 0.25) is 0 Å². The van der Waals surface area contributed by atoms with Gasteiger partial charge < -0.3 is 14.6 Å². The van der Waals surface area contributed by atoms with Gasteiger partial charge in [0.15, 0.2) is 11.5 Å². The van der Waals surface area contributed by atoms with E-state index in [9.17, 15) is 5.11 Å². The Morgan fingerprint density at radius 1 is 1.36 bits per heavy atom. The fourth-order valence-electron chi connectivity index (χ4n) is 1.81. The number of rotatable bonds is 2. The highest BCUT2D eigenvalue weighted by molar-refractivity contribution is 5.53. The maximum Gasteiger partial charge on any atom is 0.231 e. The Labute approximate surface area is 83.3 Å². The summed E-state index contributed by atoms with van der Waals surface area (Å²) in [5, 5.41) is 9.20. The van der Waals surface area contributed by atoms with Gasteiger partial charge in [0.25, 0.3) is 0 Å². The Hall–Kier alpha value is -1.22. The molecule has 2 rings (SSSR count). The van der Waals surface area contributed by atoms with Crippen molar-refractivity contribution in [3.05, 3.63) is 23.3 Å². The van der Waals surface area contributed by atoms with Crippen molar-refractivity contribution in [3.8, 4) is 11.5 Å². The van der Waals surface area contributed by atoms with Crippen molar-refractivity contribution in [1.29, 1.82) is 0 Å². The van der Waals surface area contributed by atoms with Gasteiger partial charge in [-0.1, -0.05) is 19.9 Å². The Morgan fingerprint density at radius 3 is 2.79 bits per heavy atom. The van der Waals surface area contributed by atoms with Gasteiger partial charge in [-0.2, -0.15) is 0 Å².